The lowest BCUT2D eigenvalue weighted by atomic mass is 9.90. The summed E-state index contributed by atoms with van der Waals surface area (Å²) in [6, 6.07) is 10.7. The van der Waals surface area contributed by atoms with E-state index in [2.05, 4.69) is 32.6 Å². The van der Waals surface area contributed by atoms with Gasteiger partial charge in [-0.15, -0.1) is 0 Å². The van der Waals surface area contributed by atoms with E-state index in [1.165, 1.54) is 36.2 Å². The van der Waals surface area contributed by atoms with Gasteiger partial charge >= 0.3 is 0 Å². The summed E-state index contributed by atoms with van der Waals surface area (Å²) in [5, 5.41) is 10.7. The Morgan fingerprint density at radius 1 is 1.16 bits per heavy atom. The molecule has 32 heavy (non-hydrogen) atoms. The van der Waals surface area contributed by atoms with Gasteiger partial charge in [0.15, 0.2) is 11.6 Å². The number of halogens is 2. The third kappa shape index (κ3) is 4.63. The van der Waals surface area contributed by atoms with Crippen LogP contribution in [0, 0.1) is 11.7 Å². The van der Waals surface area contributed by atoms with Crippen LogP contribution < -0.4 is 5.32 Å². The van der Waals surface area contributed by atoms with E-state index in [0.29, 0.717) is 24.9 Å². The van der Waals surface area contributed by atoms with Crippen molar-refractivity contribution < 1.29 is 9.18 Å². The number of carbonyl (C=O) groups excluding carboxylic acids is 1. The Balaban J connectivity index is 1.16. The smallest absolute Gasteiger partial charge is 0.256 e. The van der Waals surface area contributed by atoms with Gasteiger partial charge in [-0.1, -0.05) is 17.7 Å². The lowest BCUT2D eigenvalue weighted by Gasteiger charge is -2.32. The number of hydrogen-bond donors (Lipinski definition) is 2. The highest BCUT2D eigenvalue weighted by Gasteiger charge is 2.27. The number of aromatic nitrogens is 3. The van der Waals surface area contributed by atoms with Crippen LogP contribution in [0.4, 0.5) is 16.0 Å². The second-order valence-corrected chi connectivity index (χ2v) is 9.11. The number of nitrogens with one attached hydrogen (secondary N) is 2. The van der Waals surface area contributed by atoms with E-state index in [-0.39, 0.29) is 16.5 Å². The van der Waals surface area contributed by atoms with Crippen molar-refractivity contribution in [2.45, 2.75) is 38.0 Å². The fourth-order valence-corrected chi connectivity index (χ4v) is 4.49. The Morgan fingerprint density at radius 3 is 2.75 bits per heavy atom. The Bertz CT molecular complexity index is 1120. The standard InChI is InChI=1S/C24H25ClFN5O/c25-19-3-1-2-18(23(19)26)24(32)31-10-7-15(8-11-31)12-16-6-9-27-21(13-16)28-22-14-20(29-30-22)17-4-5-17/h1-3,6,9,13-15,17H,4-5,7-8,10-12H2,(H2,27,28,29,30). The molecule has 2 aliphatic rings. The van der Waals surface area contributed by atoms with Crippen LogP contribution in [0.2, 0.25) is 5.02 Å². The van der Waals surface area contributed by atoms with E-state index in [1.54, 1.807) is 11.0 Å². The summed E-state index contributed by atoms with van der Waals surface area (Å²) in [5.41, 5.74) is 2.43. The van der Waals surface area contributed by atoms with Crippen LogP contribution in [-0.4, -0.2) is 39.1 Å². The second-order valence-electron chi connectivity index (χ2n) is 8.70. The summed E-state index contributed by atoms with van der Waals surface area (Å²) in [6.07, 6.45) is 6.94. The number of piperidine rings is 1. The summed E-state index contributed by atoms with van der Waals surface area (Å²) in [7, 11) is 0. The van der Waals surface area contributed by atoms with E-state index < -0.39 is 5.82 Å². The van der Waals surface area contributed by atoms with Crippen molar-refractivity contribution in [1.82, 2.24) is 20.1 Å². The summed E-state index contributed by atoms with van der Waals surface area (Å²) < 4.78 is 14.2. The SMILES string of the molecule is O=C(c1cccc(Cl)c1F)N1CCC(Cc2ccnc(Nc3cc(C4CC4)[nH]n3)c2)CC1. The van der Waals surface area contributed by atoms with E-state index in [9.17, 15) is 9.18 Å². The fourth-order valence-electron chi connectivity index (χ4n) is 4.32. The minimum Gasteiger partial charge on any atom is -0.339 e. The Kier molecular flexibility index (Phi) is 5.83. The number of rotatable bonds is 6. The molecule has 3 aromatic rings. The van der Waals surface area contributed by atoms with E-state index >= 15 is 0 Å². The normalized spacial score (nSPS) is 16.9. The molecule has 5 rings (SSSR count). The van der Waals surface area contributed by atoms with Crippen LogP contribution in [-0.2, 0) is 6.42 Å². The summed E-state index contributed by atoms with van der Waals surface area (Å²) in [6.45, 7) is 1.23. The topological polar surface area (TPSA) is 73.9 Å². The van der Waals surface area contributed by atoms with Crippen molar-refractivity contribution in [2.75, 3.05) is 18.4 Å². The largest absolute Gasteiger partial charge is 0.339 e. The van der Waals surface area contributed by atoms with Gasteiger partial charge in [0, 0.05) is 37.0 Å². The Morgan fingerprint density at radius 2 is 1.97 bits per heavy atom. The lowest BCUT2D eigenvalue weighted by Crippen LogP contribution is -2.39. The average Bonchev–Trinajstić information content (AvgIpc) is 3.55. The van der Waals surface area contributed by atoms with Gasteiger partial charge < -0.3 is 10.2 Å². The zero-order valence-electron chi connectivity index (χ0n) is 17.7. The minimum absolute atomic E-state index is 0.0218. The number of pyridine rings is 1. The van der Waals surface area contributed by atoms with Crippen molar-refractivity contribution >= 4 is 29.1 Å². The quantitative estimate of drug-likeness (QED) is 0.530. The molecule has 2 aromatic heterocycles. The average molecular weight is 454 g/mol. The van der Waals surface area contributed by atoms with Crippen molar-refractivity contribution in [3.05, 3.63) is 70.3 Å². The molecular formula is C24H25ClFN5O. The second kappa shape index (κ2) is 8.90. The molecule has 0 unspecified atom stereocenters. The first kappa shape index (κ1) is 20.9. The van der Waals surface area contributed by atoms with Crippen molar-refractivity contribution in [3.8, 4) is 0 Å². The molecule has 8 heteroatoms. The third-order valence-corrected chi connectivity index (χ3v) is 6.60. The molecule has 1 aromatic carbocycles. The maximum atomic E-state index is 14.2. The Labute approximate surface area is 191 Å². The van der Waals surface area contributed by atoms with Gasteiger partial charge in [-0.2, -0.15) is 5.10 Å². The molecule has 0 radical (unpaired) electrons. The predicted octanol–water partition coefficient (Wildman–Crippen LogP) is 5.31. The van der Waals surface area contributed by atoms with Crippen LogP contribution in [0.3, 0.4) is 0 Å². The number of H-pyrrole nitrogens is 1. The van der Waals surface area contributed by atoms with E-state index in [1.807, 2.05) is 12.3 Å². The summed E-state index contributed by atoms with van der Waals surface area (Å²) in [5.74, 6) is 1.73. The van der Waals surface area contributed by atoms with E-state index in [4.69, 9.17) is 11.6 Å². The molecule has 2 fully saturated rings. The maximum Gasteiger partial charge on any atom is 0.256 e. The Hall–Kier alpha value is -2.93. The molecule has 0 atom stereocenters. The van der Waals surface area contributed by atoms with Crippen LogP contribution in [0.15, 0.2) is 42.6 Å². The molecule has 6 nitrogen and oxygen atoms in total. The summed E-state index contributed by atoms with van der Waals surface area (Å²) >= 11 is 5.83. The number of likely N-dealkylation sites (tertiary alicyclic amines) is 1. The molecule has 1 aliphatic carbocycles. The molecule has 1 amide bonds. The number of anilines is 2. The first-order valence-electron chi connectivity index (χ1n) is 11.1. The van der Waals surface area contributed by atoms with Gasteiger partial charge in [-0.25, -0.2) is 9.37 Å². The zero-order valence-corrected chi connectivity index (χ0v) is 18.4. The molecule has 1 saturated carbocycles. The van der Waals surface area contributed by atoms with Crippen molar-refractivity contribution in [3.63, 3.8) is 0 Å². The minimum atomic E-state index is -0.640. The molecule has 3 heterocycles. The van der Waals surface area contributed by atoms with Gasteiger partial charge in [0.1, 0.15) is 5.82 Å². The number of nitrogens with zero attached hydrogens (tertiary/aromatic N) is 3. The van der Waals surface area contributed by atoms with Crippen LogP contribution in [0.1, 0.15) is 53.2 Å². The molecule has 166 valence electrons. The van der Waals surface area contributed by atoms with Gasteiger partial charge in [-0.3, -0.25) is 9.89 Å². The molecule has 0 bridgehead atoms. The van der Waals surface area contributed by atoms with Crippen molar-refractivity contribution in [2.24, 2.45) is 5.92 Å². The van der Waals surface area contributed by atoms with Gasteiger partial charge in [0.25, 0.3) is 5.91 Å². The molecule has 1 saturated heterocycles. The predicted molar refractivity (Wildman–Crippen MR) is 122 cm³/mol. The molecular weight excluding hydrogens is 429 g/mol. The van der Waals surface area contributed by atoms with Gasteiger partial charge in [0.2, 0.25) is 0 Å². The lowest BCUT2D eigenvalue weighted by molar-refractivity contribution is 0.0686. The summed E-state index contributed by atoms with van der Waals surface area (Å²) in [4.78, 5) is 18.8. The molecule has 0 spiro atoms. The van der Waals surface area contributed by atoms with Crippen molar-refractivity contribution in [1.29, 1.82) is 0 Å². The highest BCUT2D eigenvalue weighted by atomic mass is 35.5. The fraction of sp³-hybridized carbons (Fsp3) is 0.375. The molecule has 1 aliphatic heterocycles. The number of amides is 1. The molecule has 2 N–H and O–H groups in total. The van der Waals surface area contributed by atoms with E-state index in [0.717, 1.165) is 30.9 Å². The third-order valence-electron chi connectivity index (χ3n) is 6.30. The van der Waals surface area contributed by atoms with Gasteiger partial charge in [-0.05, 0) is 67.9 Å². The highest BCUT2D eigenvalue weighted by Crippen LogP contribution is 2.39. The van der Waals surface area contributed by atoms with Gasteiger partial charge in [0.05, 0.1) is 10.6 Å². The monoisotopic (exact) mass is 453 g/mol. The number of aromatic amines is 1. The zero-order chi connectivity index (χ0) is 22.1. The highest BCUT2D eigenvalue weighted by molar-refractivity contribution is 6.31. The first-order chi connectivity index (χ1) is 15.6. The maximum absolute atomic E-state index is 14.2. The van der Waals surface area contributed by atoms with Crippen LogP contribution in [0.25, 0.3) is 0 Å². The van der Waals surface area contributed by atoms with Crippen LogP contribution >= 0.6 is 11.6 Å². The number of hydrogen-bond acceptors (Lipinski definition) is 4. The number of benzene rings is 1. The first-order valence-corrected chi connectivity index (χ1v) is 11.4. The van der Waals surface area contributed by atoms with Crippen LogP contribution in [0.5, 0.6) is 0 Å². The number of carbonyl (C=O) groups is 1.